The molecule has 0 aromatic heterocycles. The quantitative estimate of drug-likeness (QED) is 0.549. The SMILES string of the molecule is Cc1c(Cl)cccc1NC(=S)NC(=O)c1cccc(I)c1. The van der Waals surface area contributed by atoms with Gasteiger partial charge in [0.25, 0.3) is 5.91 Å². The first-order valence-corrected chi connectivity index (χ1v) is 7.97. The third-order valence-electron chi connectivity index (χ3n) is 2.83. The Bertz CT molecular complexity index is 706. The summed E-state index contributed by atoms with van der Waals surface area (Å²) in [4.78, 5) is 12.1. The summed E-state index contributed by atoms with van der Waals surface area (Å²) in [6.07, 6.45) is 0. The van der Waals surface area contributed by atoms with Gasteiger partial charge in [0, 0.05) is 19.8 Å². The minimum absolute atomic E-state index is 0.240. The van der Waals surface area contributed by atoms with Crippen molar-refractivity contribution in [3.8, 4) is 0 Å². The van der Waals surface area contributed by atoms with E-state index in [1.807, 2.05) is 31.2 Å². The molecule has 6 heteroatoms. The minimum atomic E-state index is -0.245. The predicted molar refractivity (Wildman–Crippen MR) is 99.0 cm³/mol. The van der Waals surface area contributed by atoms with E-state index in [2.05, 4.69) is 33.2 Å². The van der Waals surface area contributed by atoms with Crippen LogP contribution in [-0.4, -0.2) is 11.0 Å². The molecule has 2 aromatic carbocycles. The topological polar surface area (TPSA) is 41.1 Å². The number of carbonyl (C=O) groups is 1. The van der Waals surface area contributed by atoms with Gasteiger partial charge >= 0.3 is 0 Å². The van der Waals surface area contributed by atoms with Crippen LogP contribution in [0.1, 0.15) is 15.9 Å². The lowest BCUT2D eigenvalue weighted by atomic mass is 10.2. The Labute approximate surface area is 147 Å². The first-order valence-electron chi connectivity index (χ1n) is 6.10. The fraction of sp³-hybridized carbons (Fsp3) is 0.0667. The highest BCUT2D eigenvalue weighted by atomic mass is 127. The van der Waals surface area contributed by atoms with Crippen LogP contribution < -0.4 is 10.6 Å². The molecule has 2 aromatic rings. The normalized spacial score (nSPS) is 10.0. The van der Waals surface area contributed by atoms with Crippen LogP contribution in [0.5, 0.6) is 0 Å². The van der Waals surface area contributed by atoms with Crippen LogP contribution in [0.15, 0.2) is 42.5 Å². The molecule has 1 amide bonds. The van der Waals surface area contributed by atoms with Crippen LogP contribution in [0, 0.1) is 10.5 Å². The van der Waals surface area contributed by atoms with E-state index in [4.69, 9.17) is 23.8 Å². The van der Waals surface area contributed by atoms with Crippen molar-refractivity contribution in [3.63, 3.8) is 0 Å². The number of benzene rings is 2. The van der Waals surface area contributed by atoms with Gasteiger partial charge < -0.3 is 5.32 Å². The molecule has 0 unspecified atom stereocenters. The van der Waals surface area contributed by atoms with E-state index < -0.39 is 0 Å². The van der Waals surface area contributed by atoms with Crippen molar-refractivity contribution >= 4 is 63.1 Å². The zero-order valence-electron chi connectivity index (χ0n) is 11.1. The van der Waals surface area contributed by atoms with Crippen LogP contribution in [0.3, 0.4) is 0 Å². The Morgan fingerprint density at radius 2 is 1.95 bits per heavy atom. The number of amides is 1. The molecule has 0 heterocycles. The van der Waals surface area contributed by atoms with E-state index in [0.717, 1.165) is 14.8 Å². The molecule has 2 N–H and O–H groups in total. The highest BCUT2D eigenvalue weighted by Crippen LogP contribution is 2.22. The van der Waals surface area contributed by atoms with Gasteiger partial charge in [0.1, 0.15) is 0 Å². The number of thiocarbonyl (C=S) groups is 1. The molecule has 21 heavy (non-hydrogen) atoms. The van der Waals surface area contributed by atoms with Crippen LogP contribution in [0.25, 0.3) is 0 Å². The molecule has 0 bridgehead atoms. The van der Waals surface area contributed by atoms with Crippen molar-refractivity contribution in [2.75, 3.05) is 5.32 Å². The van der Waals surface area contributed by atoms with Crippen LogP contribution >= 0.6 is 46.4 Å². The number of hydrogen-bond acceptors (Lipinski definition) is 2. The van der Waals surface area contributed by atoms with Crippen LogP contribution in [0.4, 0.5) is 5.69 Å². The smallest absolute Gasteiger partial charge is 0.257 e. The summed E-state index contributed by atoms with van der Waals surface area (Å²) in [6.45, 7) is 1.88. The number of anilines is 1. The van der Waals surface area contributed by atoms with Crippen LogP contribution in [0.2, 0.25) is 5.02 Å². The van der Waals surface area contributed by atoms with Gasteiger partial charge in [0.15, 0.2) is 5.11 Å². The van der Waals surface area contributed by atoms with Crippen molar-refractivity contribution in [2.24, 2.45) is 0 Å². The maximum atomic E-state index is 12.1. The van der Waals surface area contributed by atoms with E-state index in [1.165, 1.54) is 0 Å². The summed E-state index contributed by atoms with van der Waals surface area (Å²) in [5.74, 6) is -0.245. The van der Waals surface area contributed by atoms with E-state index in [0.29, 0.717) is 10.6 Å². The summed E-state index contributed by atoms with van der Waals surface area (Å²) in [5, 5.41) is 6.52. The number of nitrogens with one attached hydrogen (secondary N) is 2. The van der Waals surface area contributed by atoms with E-state index in [-0.39, 0.29) is 11.0 Å². The second kappa shape index (κ2) is 7.20. The highest BCUT2D eigenvalue weighted by molar-refractivity contribution is 14.1. The second-order valence-corrected chi connectivity index (χ2v) is 6.39. The van der Waals surface area contributed by atoms with Crippen molar-refractivity contribution in [1.82, 2.24) is 5.32 Å². The molecule has 0 atom stereocenters. The lowest BCUT2D eigenvalue weighted by Gasteiger charge is -2.12. The third kappa shape index (κ3) is 4.39. The Hall–Kier alpha value is -1.18. The highest BCUT2D eigenvalue weighted by Gasteiger charge is 2.09. The third-order valence-corrected chi connectivity index (χ3v) is 4.11. The Morgan fingerprint density at radius 1 is 1.24 bits per heavy atom. The standard InChI is InChI=1S/C15H12ClIN2OS/c1-9-12(16)6-3-7-13(9)18-15(21)19-14(20)10-4-2-5-11(17)8-10/h2-8H,1H3,(H2,18,19,20,21). The molecule has 0 aliphatic heterocycles. The van der Waals surface area contributed by atoms with E-state index >= 15 is 0 Å². The van der Waals surface area contributed by atoms with Gasteiger partial charge in [-0.05, 0) is 77.6 Å². The van der Waals surface area contributed by atoms with Gasteiger partial charge in [0.2, 0.25) is 0 Å². The summed E-state index contributed by atoms with van der Waals surface area (Å²) in [7, 11) is 0. The average molecular weight is 431 g/mol. The van der Waals surface area contributed by atoms with Crippen LogP contribution in [-0.2, 0) is 0 Å². The lowest BCUT2D eigenvalue weighted by Crippen LogP contribution is -2.34. The molecule has 0 fully saturated rings. The fourth-order valence-corrected chi connectivity index (χ4v) is 2.62. The van der Waals surface area contributed by atoms with Crippen molar-refractivity contribution in [1.29, 1.82) is 0 Å². The van der Waals surface area contributed by atoms with Gasteiger partial charge in [-0.1, -0.05) is 23.7 Å². The molecule has 2 rings (SSSR count). The Kier molecular flexibility index (Phi) is 5.55. The molecule has 3 nitrogen and oxygen atoms in total. The zero-order chi connectivity index (χ0) is 15.4. The molecular formula is C15H12ClIN2OS. The number of halogens is 2. The van der Waals surface area contributed by atoms with Gasteiger partial charge in [-0.3, -0.25) is 10.1 Å². The summed E-state index contributed by atoms with van der Waals surface area (Å²) in [6, 6.07) is 12.8. The number of carbonyl (C=O) groups excluding carboxylic acids is 1. The molecule has 108 valence electrons. The minimum Gasteiger partial charge on any atom is -0.332 e. The molecular weight excluding hydrogens is 419 g/mol. The largest absolute Gasteiger partial charge is 0.332 e. The van der Waals surface area contributed by atoms with Gasteiger partial charge in [-0.2, -0.15) is 0 Å². The van der Waals surface area contributed by atoms with Crippen molar-refractivity contribution in [2.45, 2.75) is 6.92 Å². The molecule has 0 spiro atoms. The van der Waals surface area contributed by atoms with Gasteiger partial charge in [0.05, 0.1) is 0 Å². The Morgan fingerprint density at radius 3 is 2.67 bits per heavy atom. The zero-order valence-corrected chi connectivity index (χ0v) is 14.8. The van der Waals surface area contributed by atoms with Gasteiger partial charge in [-0.25, -0.2) is 0 Å². The lowest BCUT2D eigenvalue weighted by molar-refractivity contribution is 0.0977. The Balaban J connectivity index is 2.05. The molecule has 0 aliphatic rings. The fourth-order valence-electron chi connectivity index (χ4n) is 1.70. The first kappa shape index (κ1) is 16.2. The summed E-state index contributed by atoms with van der Waals surface area (Å²) >= 11 is 13.4. The molecule has 0 saturated heterocycles. The first-order chi connectivity index (χ1) is 9.97. The average Bonchev–Trinajstić information content (AvgIpc) is 2.44. The maximum absolute atomic E-state index is 12.1. The molecule has 0 aliphatic carbocycles. The summed E-state index contributed by atoms with van der Waals surface area (Å²) in [5.41, 5.74) is 2.22. The van der Waals surface area contributed by atoms with Crippen molar-refractivity contribution < 1.29 is 4.79 Å². The van der Waals surface area contributed by atoms with E-state index in [9.17, 15) is 4.79 Å². The predicted octanol–water partition coefficient (Wildman–Crippen LogP) is 4.38. The van der Waals surface area contributed by atoms with Gasteiger partial charge in [-0.15, -0.1) is 0 Å². The van der Waals surface area contributed by atoms with Crippen molar-refractivity contribution in [3.05, 3.63) is 62.2 Å². The molecule has 0 saturated carbocycles. The summed E-state index contributed by atoms with van der Waals surface area (Å²) < 4.78 is 0.991. The van der Waals surface area contributed by atoms with E-state index in [1.54, 1.807) is 18.2 Å². The molecule has 0 radical (unpaired) electrons. The maximum Gasteiger partial charge on any atom is 0.257 e. The number of rotatable bonds is 2. The second-order valence-electron chi connectivity index (χ2n) is 4.33. The number of hydrogen-bond donors (Lipinski definition) is 2. The monoisotopic (exact) mass is 430 g/mol.